The fourth-order valence-electron chi connectivity index (χ4n) is 1.17. The van der Waals surface area contributed by atoms with Gasteiger partial charge in [-0.05, 0) is 24.6 Å². The van der Waals surface area contributed by atoms with Crippen LogP contribution in [0, 0.1) is 0 Å². The summed E-state index contributed by atoms with van der Waals surface area (Å²) in [5.41, 5.74) is 4.50. The summed E-state index contributed by atoms with van der Waals surface area (Å²) in [5.74, 6) is 0. The van der Waals surface area contributed by atoms with Gasteiger partial charge in [-0.15, -0.1) is 0 Å². The van der Waals surface area contributed by atoms with Crippen LogP contribution in [-0.2, 0) is 16.2 Å². The van der Waals surface area contributed by atoms with E-state index in [0.717, 1.165) is 11.3 Å². The van der Waals surface area contributed by atoms with E-state index in [1.54, 1.807) is 14.2 Å². The molecular formula is C12H18N2O3. The molecule has 17 heavy (non-hydrogen) atoms. The van der Waals surface area contributed by atoms with Crippen molar-refractivity contribution in [2.45, 2.75) is 13.5 Å². The van der Waals surface area contributed by atoms with Crippen LogP contribution >= 0.6 is 0 Å². The van der Waals surface area contributed by atoms with Gasteiger partial charge in [0.1, 0.15) is 6.61 Å². The van der Waals surface area contributed by atoms with Crippen molar-refractivity contribution in [2.75, 3.05) is 26.2 Å². The van der Waals surface area contributed by atoms with Crippen molar-refractivity contribution in [1.29, 1.82) is 0 Å². The Morgan fingerprint density at radius 2 is 2.00 bits per heavy atom. The highest BCUT2D eigenvalue weighted by atomic mass is 16.6. The second-order valence-corrected chi connectivity index (χ2v) is 3.57. The molecule has 0 saturated heterocycles. The SMILES string of the molecule is CCN(C)C(=O)OCc1ccc(NOC)cc1. The van der Waals surface area contributed by atoms with Crippen LogP contribution < -0.4 is 5.48 Å². The molecule has 5 nitrogen and oxygen atoms in total. The summed E-state index contributed by atoms with van der Waals surface area (Å²) in [6.45, 7) is 2.80. The number of nitrogens with one attached hydrogen (secondary N) is 1. The highest BCUT2D eigenvalue weighted by Gasteiger charge is 2.07. The lowest BCUT2D eigenvalue weighted by molar-refractivity contribution is 0.106. The minimum Gasteiger partial charge on any atom is -0.445 e. The zero-order valence-electron chi connectivity index (χ0n) is 10.4. The molecule has 0 atom stereocenters. The topological polar surface area (TPSA) is 50.8 Å². The minimum atomic E-state index is -0.313. The average Bonchev–Trinajstić information content (AvgIpc) is 2.37. The molecule has 0 aliphatic carbocycles. The van der Waals surface area contributed by atoms with Crippen LogP contribution in [0.5, 0.6) is 0 Å². The third kappa shape index (κ3) is 4.32. The maximum atomic E-state index is 11.4. The third-order valence-corrected chi connectivity index (χ3v) is 2.32. The number of carbonyl (C=O) groups is 1. The van der Waals surface area contributed by atoms with Crippen LogP contribution in [0.2, 0.25) is 0 Å². The van der Waals surface area contributed by atoms with E-state index in [9.17, 15) is 4.79 Å². The highest BCUT2D eigenvalue weighted by molar-refractivity contribution is 5.67. The molecule has 0 spiro atoms. The first kappa shape index (κ1) is 13.3. The summed E-state index contributed by atoms with van der Waals surface area (Å²) < 4.78 is 5.12. The van der Waals surface area contributed by atoms with Crippen molar-refractivity contribution in [2.24, 2.45) is 0 Å². The number of amides is 1. The molecule has 94 valence electrons. The summed E-state index contributed by atoms with van der Waals surface area (Å²) in [6.07, 6.45) is -0.313. The zero-order valence-corrected chi connectivity index (χ0v) is 10.4. The number of ether oxygens (including phenoxy) is 1. The normalized spacial score (nSPS) is 9.82. The van der Waals surface area contributed by atoms with Gasteiger partial charge in [-0.1, -0.05) is 12.1 Å². The number of hydrogen-bond acceptors (Lipinski definition) is 4. The number of hydrogen-bond donors (Lipinski definition) is 1. The molecule has 1 N–H and O–H groups in total. The molecule has 0 aliphatic heterocycles. The second-order valence-electron chi connectivity index (χ2n) is 3.57. The standard InChI is InChI=1S/C12H18N2O3/c1-4-14(2)12(15)17-9-10-5-7-11(8-6-10)13-16-3/h5-8,13H,4,9H2,1-3H3. The molecule has 0 aliphatic rings. The molecule has 1 aromatic rings. The van der Waals surface area contributed by atoms with Crippen molar-refractivity contribution in [3.05, 3.63) is 29.8 Å². The first-order valence-electron chi connectivity index (χ1n) is 5.43. The van der Waals surface area contributed by atoms with E-state index in [0.29, 0.717) is 6.54 Å². The van der Waals surface area contributed by atoms with Gasteiger partial charge >= 0.3 is 6.09 Å². The van der Waals surface area contributed by atoms with Crippen molar-refractivity contribution in [3.8, 4) is 0 Å². The summed E-state index contributed by atoms with van der Waals surface area (Å²) in [6, 6.07) is 7.47. The van der Waals surface area contributed by atoms with E-state index in [1.807, 2.05) is 31.2 Å². The fourth-order valence-corrected chi connectivity index (χ4v) is 1.17. The van der Waals surface area contributed by atoms with Gasteiger partial charge in [0.25, 0.3) is 0 Å². The lowest BCUT2D eigenvalue weighted by Crippen LogP contribution is -2.26. The molecule has 0 radical (unpaired) electrons. The minimum absolute atomic E-state index is 0.274. The van der Waals surface area contributed by atoms with Crippen molar-refractivity contribution in [3.63, 3.8) is 0 Å². The highest BCUT2D eigenvalue weighted by Crippen LogP contribution is 2.10. The van der Waals surface area contributed by atoms with Crippen LogP contribution in [0.15, 0.2) is 24.3 Å². The predicted molar refractivity (Wildman–Crippen MR) is 65.6 cm³/mol. The molecule has 1 aromatic carbocycles. The molecule has 1 rings (SSSR count). The van der Waals surface area contributed by atoms with E-state index in [-0.39, 0.29) is 12.7 Å². The molecule has 1 amide bonds. The first-order valence-corrected chi connectivity index (χ1v) is 5.43. The summed E-state index contributed by atoms with van der Waals surface area (Å²) >= 11 is 0. The molecule has 0 saturated carbocycles. The number of anilines is 1. The zero-order chi connectivity index (χ0) is 12.7. The first-order chi connectivity index (χ1) is 8.17. The van der Waals surface area contributed by atoms with Crippen molar-refractivity contribution in [1.82, 2.24) is 4.90 Å². The Hall–Kier alpha value is -1.75. The molecule has 0 aromatic heterocycles. The van der Waals surface area contributed by atoms with Gasteiger partial charge in [-0.3, -0.25) is 10.3 Å². The van der Waals surface area contributed by atoms with Crippen LogP contribution in [0.3, 0.4) is 0 Å². The number of carbonyl (C=O) groups excluding carboxylic acids is 1. The number of nitrogens with zero attached hydrogens (tertiary/aromatic N) is 1. The fraction of sp³-hybridized carbons (Fsp3) is 0.417. The second kappa shape index (κ2) is 6.75. The molecular weight excluding hydrogens is 220 g/mol. The van der Waals surface area contributed by atoms with Crippen LogP contribution in [0.1, 0.15) is 12.5 Å². The van der Waals surface area contributed by atoms with Gasteiger partial charge in [0.05, 0.1) is 12.8 Å². The lowest BCUT2D eigenvalue weighted by Gasteiger charge is -2.14. The van der Waals surface area contributed by atoms with Gasteiger partial charge in [0, 0.05) is 13.6 Å². The summed E-state index contributed by atoms with van der Waals surface area (Å²) in [5, 5.41) is 0. The van der Waals surface area contributed by atoms with Crippen LogP contribution in [-0.4, -0.2) is 31.7 Å². The lowest BCUT2D eigenvalue weighted by atomic mass is 10.2. The van der Waals surface area contributed by atoms with Gasteiger partial charge in [0.2, 0.25) is 0 Å². The van der Waals surface area contributed by atoms with Gasteiger partial charge in [0.15, 0.2) is 0 Å². The van der Waals surface area contributed by atoms with Crippen LogP contribution in [0.25, 0.3) is 0 Å². The molecule has 0 bridgehead atoms. The monoisotopic (exact) mass is 238 g/mol. The smallest absolute Gasteiger partial charge is 0.409 e. The molecule has 5 heteroatoms. The Morgan fingerprint density at radius 1 is 1.35 bits per heavy atom. The Labute approximate surface area is 101 Å². The molecule has 0 unspecified atom stereocenters. The Kier molecular flexibility index (Phi) is 5.29. The Balaban J connectivity index is 2.44. The van der Waals surface area contributed by atoms with Crippen LogP contribution in [0.4, 0.5) is 10.5 Å². The van der Waals surface area contributed by atoms with Gasteiger partial charge in [-0.25, -0.2) is 4.79 Å². The third-order valence-electron chi connectivity index (χ3n) is 2.32. The van der Waals surface area contributed by atoms with Gasteiger partial charge in [-0.2, -0.15) is 0 Å². The number of rotatable bonds is 5. The Bertz CT molecular complexity index is 351. The largest absolute Gasteiger partial charge is 0.445 e. The quantitative estimate of drug-likeness (QED) is 0.799. The molecule has 0 fully saturated rings. The molecule has 0 heterocycles. The van der Waals surface area contributed by atoms with E-state index in [2.05, 4.69) is 5.48 Å². The average molecular weight is 238 g/mol. The summed E-state index contributed by atoms with van der Waals surface area (Å²) in [4.78, 5) is 17.7. The van der Waals surface area contributed by atoms with E-state index < -0.39 is 0 Å². The van der Waals surface area contributed by atoms with E-state index in [4.69, 9.17) is 9.57 Å². The van der Waals surface area contributed by atoms with E-state index >= 15 is 0 Å². The Morgan fingerprint density at radius 3 is 2.53 bits per heavy atom. The maximum absolute atomic E-state index is 11.4. The maximum Gasteiger partial charge on any atom is 0.409 e. The summed E-state index contributed by atoms with van der Waals surface area (Å²) in [7, 11) is 3.25. The van der Waals surface area contributed by atoms with Crippen molar-refractivity contribution < 1.29 is 14.4 Å². The predicted octanol–water partition coefficient (Wildman–Crippen LogP) is 2.25. The van der Waals surface area contributed by atoms with Gasteiger partial charge < -0.3 is 9.64 Å². The number of benzene rings is 1. The van der Waals surface area contributed by atoms with Crippen molar-refractivity contribution >= 4 is 11.8 Å². The van der Waals surface area contributed by atoms with E-state index in [1.165, 1.54) is 4.90 Å².